The molecule has 3 nitrogen and oxygen atoms in total. The van der Waals surface area contributed by atoms with Crippen molar-refractivity contribution in [2.24, 2.45) is 0 Å². The molecule has 0 aliphatic heterocycles. The molecule has 0 rings (SSSR count). The van der Waals surface area contributed by atoms with E-state index < -0.39 is 12.4 Å². The SMILES string of the molecule is CCCCCCCCCCOCCNC(F)C(F)(F)OCCCCCCCCCC. The van der Waals surface area contributed by atoms with Crippen molar-refractivity contribution in [3.8, 4) is 0 Å². The highest BCUT2D eigenvalue weighted by Crippen LogP contribution is 2.22. The average molecular weight is 440 g/mol. The quantitative estimate of drug-likeness (QED) is 0.123. The van der Waals surface area contributed by atoms with E-state index in [9.17, 15) is 13.2 Å². The molecule has 6 heteroatoms. The van der Waals surface area contributed by atoms with E-state index in [1.807, 2.05) is 0 Å². The monoisotopic (exact) mass is 439 g/mol. The minimum absolute atomic E-state index is 0.0505. The topological polar surface area (TPSA) is 30.5 Å². The summed E-state index contributed by atoms with van der Waals surface area (Å²) in [6.45, 7) is 5.15. The van der Waals surface area contributed by atoms with Crippen LogP contribution in [0.1, 0.15) is 117 Å². The maximum absolute atomic E-state index is 13.7. The van der Waals surface area contributed by atoms with E-state index in [4.69, 9.17) is 4.74 Å². The van der Waals surface area contributed by atoms with E-state index in [2.05, 4.69) is 23.9 Å². The Balaban J connectivity index is 3.47. The van der Waals surface area contributed by atoms with Crippen LogP contribution in [0.4, 0.5) is 13.2 Å². The number of alkyl halides is 3. The van der Waals surface area contributed by atoms with Crippen molar-refractivity contribution in [1.82, 2.24) is 5.32 Å². The molecule has 0 radical (unpaired) electrons. The summed E-state index contributed by atoms with van der Waals surface area (Å²) < 4.78 is 50.9. The maximum Gasteiger partial charge on any atom is 0.400 e. The van der Waals surface area contributed by atoms with Crippen molar-refractivity contribution < 1.29 is 22.6 Å². The van der Waals surface area contributed by atoms with E-state index in [0.29, 0.717) is 13.0 Å². The van der Waals surface area contributed by atoms with E-state index >= 15 is 0 Å². The van der Waals surface area contributed by atoms with Crippen LogP contribution in [0.3, 0.4) is 0 Å². The van der Waals surface area contributed by atoms with Crippen molar-refractivity contribution in [1.29, 1.82) is 0 Å². The Morgan fingerprint density at radius 1 is 0.633 bits per heavy atom. The lowest BCUT2D eigenvalue weighted by molar-refractivity contribution is -0.279. The van der Waals surface area contributed by atoms with Crippen LogP contribution in [0.5, 0.6) is 0 Å². The first-order valence-electron chi connectivity index (χ1n) is 12.5. The van der Waals surface area contributed by atoms with Crippen molar-refractivity contribution in [2.45, 2.75) is 129 Å². The lowest BCUT2D eigenvalue weighted by Crippen LogP contribution is -2.45. The lowest BCUT2D eigenvalue weighted by atomic mass is 10.1. The number of ether oxygens (including phenoxy) is 2. The van der Waals surface area contributed by atoms with Crippen LogP contribution >= 0.6 is 0 Å². The summed E-state index contributed by atoms with van der Waals surface area (Å²) in [7, 11) is 0. The van der Waals surface area contributed by atoms with Gasteiger partial charge in [-0.25, -0.2) is 4.39 Å². The van der Waals surface area contributed by atoms with Gasteiger partial charge in [-0.2, -0.15) is 8.78 Å². The van der Waals surface area contributed by atoms with Gasteiger partial charge in [-0.1, -0.05) is 104 Å². The average Bonchev–Trinajstić information content (AvgIpc) is 2.73. The van der Waals surface area contributed by atoms with Gasteiger partial charge in [0, 0.05) is 13.2 Å². The van der Waals surface area contributed by atoms with Crippen LogP contribution in [0, 0.1) is 0 Å². The highest BCUT2D eigenvalue weighted by atomic mass is 19.3. The molecule has 1 atom stereocenters. The molecule has 30 heavy (non-hydrogen) atoms. The van der Waals surface area contributed by atoms with Gasteiger partial charge in [0.15, 0.2) is 0 Å². The summed E-state index contributed by atoms with van der Waals surface area (Å²) in [4.78, 5) is 0. The number of hydrogen-bond donors (Lipinski definition) is 1. The Labute approximate surface area is 183 Å². The Morgan fingerprint density at radius 3 is 1.57 bits per heavy atom. The van der Waals surface area contributed by atoms with Crippen LogP contribution in [0.2, 0.25) is 0 Å². The smallest absolute Gasteiger partial charge is 0.380 e. The van der Waals surface area contributed by atoms with Crippen LogP contribution in [0.25, 0.3) is 0 Å². The Hall–Kier alpha value is -0.330. The Bertz CT molecular complexity index is 346. The normalized spacial score (nSPS) is 13.1. The zero-order chi connectivity index (χ0) is 22.3. The molecular weight excluding hydrogens is 391 g/mol. The third-order valence-electron chi connectivity index (χ3n) is 5.30. The molecule has 1 N–H and O–H groups in total. The summed E-state index contributed by atoms with van der Waals surface area (Å²) >= 11 is 0. The molecular formula is C24H48F3NO2. The third kappa shape index (κ3) is 19.6. The standard InChI is InChI=1S/C24H48F3NO2/c1-3-5-7-9-11-13-15-17-20-29-22-19-28-23(25)24(26,27)30-21-18-16-14-12-10-8-6-4-2/h23,28H,3-22H2,1-2H3. The van der Waals surface area contributed by atoms with Crippen molar-refractivity contribution >= 4 is 0 Å². The summed E-state index contributed by atoms with van der Waals surface area (Å²) in [6, 6.07) is 0. The first-order valence-corrected chi connectivity index (χ1v) is 12.5. The molecule has 0 saturated carbocycles. The molecule has 0 saturated heterocycles. The lowest BCUT2D eigenvalue weighted by Gasteiger charge is -2.21. The van der Waals surface area contributed by atoms with Crippen LogP contribution in [0.15, 0.2) is 0 Å². The molecule has 0 aromatic rings. The zero-order valence-electron chi connectivity index (χ0n) is 19.7. The fraction of sp³-hybridized carbons (Fsp3) is 1.00. The number of halogens is 3. The molecule has 0 aliphatic carbocycles. The highest BCUT2D eigenvalue weighted by Gasteiger charge is 2.41. The van der Waals surface area contributed by atoms with E-state index in [0.717, 1.165) is 32.1 Å². The van der Waals surface area contributed by atoms with Gasteiger partial charge >= 0.3 is 6.11 Å². The van der Waals surface area contributed by atoms with Gasteiger partial charge in [-0.15, -0.1) is 0 Å². The number of unbranched alkanes of at least 4 members (excludes halogenated alkanes) is 14. The van der Waals surface area contributed by atoms with Crippen molar-refractivity contribution in [3.63, 3.8) is 0 Å². The molecule has 0 fully saturated rings. The molecule has 0 amide bonds. The third-order valence-corrected chi connectivity index (χ3v) is 5.30. The second-order valence-electron chi connectivity index (χ2n) is 8.29. The fourth-order valence-corrected chi connectivity index (χ4v) is 3.33. The number of hydrogen-bond acceptors (Lipinski definition) is 3. The van der Waals surface area contributed by atoms with E-state index in [1.165, 1.54) is 64.2 Å². The van der Waals surface area contributed by atoms with Crippen molar-refractivity contribution in [2.75, 3.05) is 26.4 Å². The Kier molecular flexibility index (Phi) is 21.6. The fourth-order valence-electron chi connectivity index (χ4n) is 3.33. The molecule has 0 aromatic carbocycles. The van der Waals surface area contributed by atoms with Crippen LogP contribution in [-0.4, -0.2) is 38.8 Å². The van der Waals surface area contributed by atoms with Crippen LogP contribution < -0.4 is 5.32 Å². The molecule has 182 valence electrons. The molecule has 0 bridgehead atoms. The molecule has 0 aromatic heterocycles. The predicted octanol–water partition coefficient (Wildman–Crippen LogP) is 7.78. The van der Waals surface area contributed by atoms with Gasteiger partial charge in [-0.3, -0.25) is 5.32 Å². The first-order chi connectivity index (χ1) is 14.5. The number of nitrogens with one attached hydrogen (secondary N) is 1. The van der Waals surface area contributed by atoms with Gasteiger partial charge in [-0.05, 0) is 12.8 Å². The minimum atomic E-state index is -3.79. The van der Waals surface area contributed by atoms with Gasteiger partial charge < -0.3 is 9.47 Å². The Morgan fingerprint density at radius 2 is 1.07 bits per heavy atom. The second kappa shape index (κ2) is 21.9. The van der Waals surface area contributed by atoms with Crippen LogP contribution in [-0.2, 0) is 9.47 Å². The largest absolute Gasteiger partial charge is 0.400 e. The summed E-state index contributed by atoms with van der Waals surface area (Å²) in [6.07, 6.45) is 11.9. The summed E-state index contributed by atoms with van der Waals surface area (Å²) in [5, 5.41) is 2.17. The predicted molar refractivity (Wildman–Crippen MR) is 120 cm³/mol. The molecule has 1 unspecified atom stereocenters. The van der Waals surface area contributed by atoms with Gasteiger partial charge in [0.1, 0.15) is 0 Å². The maximum atomic E-state index is 13.7. The van der Waals surface area contributed by atoms with E-state index in [-0.39, 0.29) is 19.8 Å². The minimum Gasteiger partial charge on any atom is -0.380 e. The van der Waals surface area contributed by atoms with Gasteiger partial charge in [0.2, 0.25) is 6.30 Å². The molecule has 0 aliphatic rings. The summed E-state index contributed by atoms with van der Waals surface area (Å²) in [5.74, 6) is 0. The molecule has 0 heterocycles. The number of rotatable bonds is 24. The highest BCUT2D eigenvalue weighted by molar-refractivity contribution is 4.65. The second-order valence-corrected chi connectivity index (χ2v) is 8.29. The van der Waals surface area contributed by atoms with Gasteiger partial charge in [0.05, 0.1) is 13.2 Å². The van der Waals surface area contributed by atoms with Gasteiger partial charge in [0.25, 0.3) is 0 Å². The first kappa shape index (κ1) is 29.7. The summed E-state index contributed by atoms with van der Waals surface area (Å²) in [5.41, 5.74) is 0. The van der Waals surface area contributed by atoms with E-state index in [1.54, 1.807) is 0 Å². The zero-order valence-corrected chi connectivity index (χ0v) is 19.7. The van der Waals surface area contributed by atoms with Crippen molar-refractivity contribution in [3.05, 3.63) is 0 Å². The molecule has 0 spiro atoms.